The van der Waals surface area contributed by atoms with E-state index >= 15 is 0 Å². The predicted molar refractivity (Wildman–Crippen MR) is 129 cm³/mol. The molecular formula is C26H26FN5O3. The van der Waals surface area contributed by atoms with Crippen molar-refractivity contribution in [2.45, 2.75) is 18.9 Å². The highest BCUT2D eigenvalue weighted by Crippen LogP contribution is 2.25. The minimum Gasteiger partial charge on any atom is -0.490 e. The Morgan fingerprint density at radius 3 is 2.40 bits per heavy atom. The molecule has 5 rings (SSSR count). The van der Waals surface area contributed by atoms with Crippen LogP contribution in [0.1, 0.15) is 23.2 Å². The summed E-state index contributed by atoms with van der Waals surface area (Å²) in [4.78, 5) is 28.8. The topological polar surface area (TPSA) is 87.7 Å². The Balaban J connectivity index is 1.07. The van der Waals surface area contributed by atoms with Crippen molar-refractivity contribution in [3.8, 4) is 5.75 Å². The summed E-state index contributed by atoms with van der Waals surface area (Å²) >= 11 is 0. The number of piperidine rings is 1. The van der Waals surface area contributed by atoms with E-state index < -0.39 is 5.82 Å². The Bertz CT molecular complexity index is 1180. The van der Waals surface area contributed by atoms with Gasteiger partial charge in [0.05, 0.1) is 11.5 Å². The van der Waals surface area contributed by atoms with Crippen LogP contribution < -0.4 is 15.0 Å². The Morgan fingerprint density at radius 1 is 0.971 bits per heavy atom. The highest BCUT2D eigenvalue weighted by molar-refractivity contribution is 5.95. The summed E-state index contributed by atoms with van der Waals surface area (Å²) in [6.45, 7) is 2.26. The highest BCUT2D eigenvalue weighted by Gasteiger charge is 2.33. The number of hydrogen-bond acceptors (Lipinski definition) is 6. The lowest BCUT2D eigenvalue weighted by Gasteiger charge is -2.38. The highest BCUT2D eigenvalue weighted by atomic mass is 19.1. The van der Waals surface area contributed by atoms with Gasteiger partial charge in [0.2, 0.25) is 5.91 Å². The maximum Gasteiger partial charge on any atom is 0.256 e. The molecule has 180 valence electrons. The molecule has 0 atom stereocenters. The van der Waals surface area contributed by atoms with Crippen LogP contribution in [-0.2, 0) is 4.79 Å². The zero-order valence-corrected chi connectivity index (χ0v) is 19.1. The quantitative estimate of drug-likeness (QED) is 0.588. The van der Waals surface area contributed by atoms with E-state index in [0.717, 1.165) is 5.82 Å². The molecule has 0 radical (unpaired) electrons. The number of likely N-dealkylation sites (tertiary alicyclic amines) is 1. The van der Waals surface area contributed by atoms with Gasteiger partial charge in [0.1, 0.15) is 17.7 Å². The molecule has 1 N–H and O–H groups in total. The molecule has 2 aliphatic rings. The van der Waals surface area contributed by atoms with Gasteiger partial charge in [0.25, 0.3) is 5.91 Å². The van der Waals surface area contributed by atoms with Crippen LogP contribution in [0.25, 0.3) is 0 Å². The zero-order valence-electron chi connectivity index (χ0n) is 19.1. The summed E-state index contributed by atoms with van der Waals surface area (Å²) in [7, 11) is 0. The molecule has 2 fully saturated rings. The van der Waals surface area contributed by atoms with Crippen molar-refractivity contribution in [1.29, 1.82) is 0 Å². The van der Waals surface area contributed by atoms with Crippen LogP contribution in [0.15, 0.2) is 66.9 Å². The fourth-order valence-corrected chi connectivity index (χ4v) is 4.33. The van der Waals surface area contributed by atoms with Crippen molar-refractivity contribution in [1.82, 2.24) is 15.1 Å². The van der Waals surface area contributed by atoms with Crippen LogP contribution in [0.2, 0.25) is 0 Å². The number of hydrogen-bond donors (Lipinski definition) is 1. The van der Waals surface area contributed by atoms with Gasteiger partial charge in [-0.15, -0.1) is 5.10 Å². The van der Waals surface area contributed by atoms with Gasteiger partial charge < -0.3 is 19.9 Å². The molecular weight excluding hydrogens is 449 g/mol. The molecule has 0 saturated carbocycles. The van der Waals surface area contributed by atoms with Gasteiger partial charge in [-0.3, -0.25) is 9.59 Å². The van der Waals surface area contributed by atoms with Crippen LogP contribution in [0.3, 0.4) is 0 Å². The van der Waals surface area contributed by atoms with Gasteiger partial charge in [-0.05, 0) is 48.5 Å². The van der Waals surface area contributed by atoms with Gasteiger partial charge in [-0.2, -0.15) is 5.10 Å². The maximum absolute atomic E-state index is 13.9. The van der Waals surface area contributed by atoms with Crippen LogP contribution in [0.4, 0.5) is 15.9 Å². The lowest BCUT2D eigenvalue weighted by atomic mass is 9.99. The van der Waals surface area contributed by atoms with E-state index in [-0.39, 0.29) is 29.4 Å². The monoisotopic (exact) mass is 475 g/mol. The smallest absolute Gasteiger partial charge is 0.256 e. The van der Waals surface area contributed by atoms with Crippen molar-refractivity contribution < 1.29 is 18.7 Å². The summed E-state index contributed by atoms with van der Waals surface area (Å²) in [6, 6.07) is 17.1. The van der Waals surface area contributed by atoms with Crippen molar-refractivity contribution in [3.63, 3.8) is 0 Å². The van der Waals surface area contributed by atoms with Gasteiger partial charge in [0, 0.05) is 50.9 Å². The first-order valence-electron chi connectivity index (χ1n) is 11.7. The van der Waals surface area contributed by atoms with E-state index in [4.69, 9.17) is 4.74 Å². The first-order valence-corrected chi connectivity index (χ1v) is 11.7. The fraction of sp³-hybridized carbons (Fsp3) is 0.308. The second-order valence-corrected chi connectivity index (χ2v) is 8.79. The third kappa shape index (κ3) is 5.24. The Hall–Kier alpha value is -4.01. The number of anilines is 2. The Labute approximate surface area is 202 Å². The number of amides is 2. The number of rotatable bonds is 6. The van der Waals surface area contributed by atoms with Crippen LogP contribution in [0.5, 0.6) is 5.75 Å². The molecule has 2 aromatic carbocycles. The van der Waals surface area contributed by atoms with E-state index in [9.17, 15) is 14.0 Å². The number of halogens is 1. The number of nitrogens with zero attached hydrogens (tertiary/aromatic N) is 4. The maximum atomic E-state index is 13.9. The standard InChI is InChI=1S/C26H26FN5O3/c27-23-5-2-1-4-22(23)26(34)31-14-11-21(12-15-31)35-20-9-7-19(8-10-20)29-25(33)18-16-32(17-18)24-6-3-13-28-30-24/h1-10,13,18,21H,11-12,14-17H2,(H,29,33). The number of benzene rings is 2. The fourth-order valence-electron chi connectivity index (χ4n) is 4.33. The van der Waals surface area contributed by atoms with E-state index in [0.29, 0.717) is 50.5 Å². The average Bonchev–Trinajstić information content (AvgIpc) is 2.85. The first-order chi connectivity index (χ1) is 17.1. The number of ether oxygens (including phenoxy) is 1. The number of nitrogens with one attached hydrogen (secondary N) is 1. The molecule has 2 amide bonds. The number of carbonyl (C=O) groups excluding carboxylic acids is 2. The summed E-state index contributed by atoms with van der Waals surface area (Å²) in [6.07, 6.45) is 2.94. The molecule has 8 nitrogen and oxygen atoms in total. The lowest BCUT2D eigenvalue weighted by Crippen LogP contribution is -2.52. The summed E-state index contributed by atoms with van der Waals surface area (Å²) < 4.78 is 20.0. The SMILES string of the molecule is O=C(Nc1ccc(OC2CCN(C(=O)c3ccccc3F)CC2)cc1)C1CN(c2cccnn2)C1. The third-order valence-corrected chi connectivity index (χ3v) is 6.39. The second kappa shape index (κ2) is 10.1. The van der Waals surface area contributed by atoms with Crippen molar-refractivity contribution in [2.24, 2.45) is 5.92 Å². The summed E-state index contributed by atoms with van der Waals surface area (Å²) in [5, 5.41) is 10.9. The normalized spacial score (nSPS) is 16.5. The molecule has 0 aliphatic carbocycles. The van der Waals surface area contributed by atoms with E-state index in [2.05, 4.69) is 15.5 Å². The largest absolute Gasteiger partial charge is 0.490 e. The summed E-state index contributed by atoms with van der Waals surface area (Å²) in [5.41, 5.74) is 0.818. The molecule has 9 heteroatoms. The molecule has 2 saturated heterocycles. The number of aromatic nitrogens is 2. The van der Waals surface area contributed by atoms with Crippen LogP contribution in [-0.4, -0.2) is 59.2 Å². The third-order valence-electron chi connectivity index (χ3n) is 6.39. The molecule has 2 aliphatic heterocycles. The number of carbonyl (C=O) groups is 2. The molecule has 0 bridgehead atoms. The Kier molecular flexibility index (Phi) is 6.56. The minimum atomic E-state index is -0.497. The van der Waals surface area contributed by atoms with Crippen molar-refractivity contribution >= 4 is 23.3 Å². The van der Waals surface area contributed by atoms with Gasteiger partial charge >= 0.3 is 0 Å². The van der Waals surface area contributed by atoms with Gasteiger partial charge in [0.15, 0.2) is 5.82 Å². The predicted octanol–water partition coefficient (Wildman–Crippen LogP) is 3.37. The molecule has 3 heterocycles. The molecule has 35 heavy (non-hydrogen) atoms. The minimum absolute atomic E-state index is 0.0225. The van der Waals surface area contributed by atoms with Crippen LogP contribution in [0, 0.1) is 11.7 Å². The molecule has 3 aromatic rings. The van der Waals surface area contributed by atoms with Gasteiger partial charge in [-0.25, -0.2) is 4.39 Å². The first kappa shape index (κ1) is 22.8. The van der Waals surface area contributed by atoms with Crippen molar-refractivity contribution in [3.05, 3.63) is 78.2 Å². The van der Waals surface area contributed by atoms with E-state index in [1.54, 1.807) is 23.2 Å². The average molecular weight is 476 g/mol. The van der Waals surface area contributed by atoms with Crippen LogP contribution >= 0.6 is 0 Å². The molecule has 1 aromatic heterocycles. The summed E-state index contributed by atoms with van der Waals surface area (Å²) in [5.74, 6) is 0.590. The van der Waals surface area contributed by atoms with Crippen molar-refractivity contribution in [2.75, 3.05) is 36.4 Å². The lowest BCUT2D eigenvalue weighted by molar-refractivity contribution is -0.120. The molecule has 0 spiro atoms. The second-order valence-electron chi connectivity index (χ2n) is 8.79. The Morgan fingerprint density at radius 2 is 1.71 bits per heavy atom. The van der Waals surface area contributed by atoms with E-state index in [1.807, 2.05) is 41.3 Å². The molecule has 0 unspecified atom stereocenters. The van der Waals surface area contributed by atoms with E-state index in [1.165, 1.54) is 12.1 Å². The van der Waals surface area contributed by atoms with Gasteiger partial charge in [-0.1, -0.05) is 12.1 Å². The zero-order chi connectivity index (χ0) is 24.2.